The van der Waals surface area contributed by atoms with Gasteiger partial charge in [0, 0.05) is 9.50 Å². The van der Waals surface area contributed by atoms with Gasteiger partial charge in [-0.15, -0.1) is 0 Å². The monoisotopic (exact) mass is 353 g/mol. The largest absolute Gasteiger partial charge is 0.494 e. The molecule has 20 heavy (non-hydrogen) atoms. The van der Waals surface area contributed by atoms with E-state index in [1.165, 1.54) is 5.56 Å². The maximum atomic E-state index is 6.00. The molecule has 106 valence electrons. The van der Waals surface area contributed by atoms with Crippen molar-refractivity contribution in [1.82, 2.24) is 5.32 Å². The molecule has 2 aromatic rings. The lowest BCUT2D eigenvalue weighted by Gasteiger charge is -2.19. The summed E-state index contributed by atoms with van der Waals surface area (Å²) in [5.74, 6) is 0.890. The van der Waals surface area contributed by atoms with Crippen LogP contribution < -0.4 is 10.1 Å². The average Bonchev–Trinajstić information content (AvgIpc) is 2.44. The Kier molecular flexibility index (Phi) is 5.46. The topological polar surface area (TPSA) is 21.3 Å². The molecule has 0 amide bonds. The second-order valence-electron chi connectivity index (χ2n) is 4.39. The SMILES string of the molecule is CCOc1ccc(C(NC)c2ccc(Cl)cc2Br)cc1. The first-order chi connectivity index (χ1) is 9.65. The number of benzene rings is 2. The number of hydrogen-bond acceptors (Lipinski definition) is 2. The molecule has 0 aromatic heterocycles. The molecule has 0 saturated heterocycles. The first-order valence-electron chi connectivity index (χ1n) is 6.50. The summed E-state index contributed by atoms with van der Waals surface area (Å²) in [6.07, 6.45) is 0. The van der Waals surface area contributed by atoms with Crippen molar-refractivity contribution < 1.29 is 4.74 Å². The molecule has 0 fully saturated rings. The highest BCUT2D eigenvalue weighted by atomic mass is 79.9. The third kappa shape index (κ3) is 3.54. The van der Waals surface area contributed by atoms with Crippen molar-refractivity contribution >= 4 is 27.5 Å². The summed E-state index contributed by atoms with van der Waals surface area (Å²) < 4.78 is 6.47. The maximum Gasteiger partial charge on any atom is 0.119 e. The second-order valence-corrected chi connectivity index (χ2v) is 5.68. The zero-order chi connectivity index (χ0) is 14.5. The predicted molar refractivity (Wildman–Crippen MR) is 87.7 cm³/mol. The van der Waals surface area contributed by atoms with Gasteiger partial charge in [0.25, 0.3) is 0 Å². The van der Waals surface area contributed by atoms with Crippen LogP contribution in [0.3, 0.4) is 0 Å². The summed E-state index contributed by atoms with van der Waals surface area (Å²) >= 11 is 9.58. The van der Waals surface area contributed by atoms with Crippen LogP contribution in [0.25, 0.3) is 0 Å². The Bertz CT molecular complexity index is 571. The first-order valence-corrected chi connectivity index (χ1v) is 7.67. The lowest BCUT2D eigenvalue weighted by molar-refractivity contribution is 0.340. The Labute approximate surface area is 133 Å². The molecule has 1 N–H and O–H groups in total. The molecule has 4 heteroatoms. The van der Waals surface area contributed by atoms with Crippen molar-refractivity contribution in [2.75, 3.05) is 13.7 Å². The van der Waals surface area contributed by atoms with E-state index in [2.05, 4.69) is 33.4 Å². The smallest absolute Gasteiger partial charge is 0.119 e. The van der Waals surface area contributed by atoms with Gasteiger partial charge in [0.15, 0.2) is 0 Å². The molecule has 1 unspecified atom stereocenters. The number of hydrogen-bond donors (Lipinski definition) is 1. The minimum Gasteiger partial charge on any atom is -0.494 e. The summed E-state index contributed by atoms with van der Waals surface area (Å²) in [5, 5.41) is 4.06. The Morgan fingerprint density at radius 2 is 1.90 bits per heavy atom. The van der Waals surface area contributed by atoms with E-state index < -0.39 is 0 Å². The molecular weight excluding hydrogens is 338 g/mol. The molecule has 2 nitrogen and oxygen atoms in total. The molecule has 0 radical (unpaired) electrons. The van der Waals surface area contributed by atoms with E-state index in [9.17, 15) is 0 Å². The molecule has 0 bridgehead atoms. The lowest BCUT2D eigenvalue weighted by atomic mass is 9.99. The predicted octanol–water partition coefficient (Wildman–Crippen LogP) is 4.81. The van der Waals surface area contributed by atoms with Crippen molar-refractivity contribution in [2.24, 2.45) is 0 Å². The fraction of sp³-hybridized carbons (Fsp3) is 0.250. The Balaban J connectivity index is 2.31. The van der Waals surface area contributed by atoms with E-state index in [0.717, 1.165) is 20.8 Å². The van der Waals surface area contributed by atoms with Crippen LogP contribution in [-0.2, 0) is 0 Å². The van der Waals surface area contributed by atoms with Crippen LogP contribution in [-0.4, -0.2) is 13.7 Å². The molecule has 2 rings (SSSR count). The van der Waals surface area contributed by atoms with E-state index in [1.54, 1.807) is 0 Å². The molecule has 2 aromatic carbocycles. The molecule has 0 aliphatic rings. The van der Waals surface area contributed by atoms with Gasteiger partial charge in [0.05, 0.1) is 12.6 Å². The van der Waals surface area contributed by atoms with Gasteiger partial charge in [0.1, 0.15) is 5.75 Å². The quantitative estimate of drug-likeness (QED) is 0.832. The van der Waals surface area contributed by atoms with Crippen molar-refractivity contribution in [1.29, 1.82) is 0 Å². The number of ether oxygens (including phenoxy) is 1. The van der Waals surface area contributed by atoms with E-state index in [-0.39, 0.29) is 6.04 Å². The molecular formula is C16H17BrClNO. The van der Waals surface area contributed by atoms with Crippen LogP contribution in [0, 0.1) is 0 Å². The Morgan fingerprint density at radius 1 is 1.20 bits per heavy atom. The second kappa shape index (κ2) is 7.11. The van der Waals surface area contributed by atoms with Crippen LogP contribution in [0.1, 0.15) is 24.1 Å². The summed E-state index contributed by atoms with van der Waals surface area (Å²) in [7, 11) is 1.95. The minimum absolute atomic E-state index is 0.109. The number of halogens is 2. The van der Waals surface area contributed by atoms with Crippen LogP contribution >= 0.6 is 27.5 Å². The van der Waals surface area contributed by atoms with Crippen LogP contribution in [0.4, 0.5) is 0 Å². The Hall–Kier alpha value is -1.03. The van der Waals surface area contributed by atoms with Crippen molar-refractivity contribution in [3.8, 4) is 5.75 Å². The van der Waals surface area contributed by atoms with E-state index >= 15 is 0 Å². The summed E-state index contributed by atoms with van der Waals surface area (Å²) in [6.45, 7) is 2.66. The zero-order valence-electron chi connectivity index (χ0n) is 11.5. The molecule has 0 saturated carbocycles. The molecule has 0 aliphatic carbocycles. The highest BCUT2D eigenvalue weighted by Gasteiger charge is 2.15. The zero-order valence-corrected chi connectivity index (χ0v) is 13.8. The summed E-state index contributed by atoms with van der Waals surface area (Å²) in [5.41, 5.74) is 2.33. The summed E-state index contributed by atoms with van der Waals surface area (Å²) in [6, 6.07) is 14.1. The van der Waals surface area contributed by atoms with Crippen molar-refractivity contribution in [3.05, 3.63) is 63.1 Å². The van der Waals surface area contributed by atoms with Gasteiger partial charge in [-0.1, -0.05) is 45.7 Å². The Morgan fingerprint density at radius 3 is 2.45 bits per heavy atom. The maximum absolute atomic E-state index is 6.00. The number of nitrogens with one attached hydrogen (secondary N) is 1. The van der Waals surface area contributed by atoms with E-state index in [1.807, 2.05) is 44.3 Å². The van der Waals surface area contributed by atoms with Gasteiger partial charge in [-0.2, -0.15) is 0 Å². The third-order valence-electron chi connectivity index (χ3n) is 3.09. The van der Waals surface area contributed by atoms with Gasteiger partial charge in [-0.3, -0.25) is 0 Å². The molecule has 1 atom stereocenters. The minimum atomic E-state index is 0.109. The van der Waals surface area contributed by atoms with Gasteiger partial charge < -0.3 is 10.1 Å². The van der Waals surface area contributed by atoms with Crippen LogP contribution in [0.5, 0.6) is 5.75 Å². The van der Waals surface area contributed by atoms with Gasteiger partial charge in [-0.05, 0) is 49.4 Å². The fourth-order valence-electron chi connectivity index (χ4n) is 2.16. The van der Waals surface area contributed by atoms with Crippen molar-refractivity contribution in [2.45, 2.75) is 13.0 Å². The highest BCUT2D eigenvalue weighted by Crippen LogP contribution is 2.31. The average molecular weight is 355 g/mol. The lowest BCUT2D eigenvalue weighted by Crippen LogP contribution is -2.18. The third-order valence-corrected chi connectivity index (χ3v) is 4.01. The van der Waals surface area contributed by atoms with E-state index in [0.29, 0.717) is 6.61 Å². The number of rotatable bonds is 5. The highest BCUT2D eigenvalue weighted by molar-refractivity contribution is 9.10. The van der Waals surface area contributed by atoms with Crippen LogP contribution in [0.2, 0.25) is 5.02 Å². The molecule has 0 aliphatic heterocycles. The van der Waals surface area contributed by atoms with Crippen LogP contribution in [0.15, 0.2) is 46.9 Å². The van der Waals surface area contributed by atoms with Gasteiger partial charge >= 0.3 is 0 Å². The molecule has 0 spiro atoms. The van der Waals surface area contributed by atoms with Gasteiger partial charge in [-0.25, -0.2) is 0 Å². The first kappa shape index (κ1) is 15.4. The normalized spacial score (nSPS) is 12.2. The molecule has 0 heterocycles. The summed E-state index contributed by atoms with van der Waals surface area (Å²) in [4.78, 5) is 0. The van der Waals surface area contributed by atoms with E-state index in [4.69, 9.17) is 16.3 Å². The van der Waals surface area contributed by atoms with Gasteiger partial charge in [0.2, 0.25) is 0 Å². The fourth-order valence-corrected chi connectivity index (χ4v) is 3.07. The van der Waals surface area contributed by atoms with Crippen molar-refractivity contribution in [3.63, 3.8) is 0 Å². The standard InChI is InChI=1S/C16H17BrClNO/c1-3-20-13-7-4-11(5-8-13)16(19-2)14-9-6-12(18)10-15(14)17/h4-10,16,19H,3H2,1-2H3.